The summed E-state index contributed by atoms with van der Waals surface area (Å²) in [7, 11) is 1.73. The van der Waals surface area contributed by atoms with Crippen LogP contribution in [0, 0.1) is 5.92 Å². The lowest BCUT2D eigenvalue weighted by atomic mass is 9.91. The lowest BCUT2D eigenvalue weighted by Gasteiger charge is -2.18. The topological polar surface area (TPSA) is 44.5 Å². The van der Waals surface area contributed by atoms with Crippen LogP contribution in [0.1, 0.15) is 30.5 Å². The fourth-order valence-corrected chi connectivity index (χ4v) is 2.50. The second kappa shape index (κ2) is 6.32. The van der Waals surface area contributed by atoms with E-state index in [2.05, 4.69) is 31.2 Å². The van der Waals surface area contributed by atoms with Crippen LogP contribution in [0.25, 0.3) is 0 Å². The first-order chi connectivity index (χ1) is 8.70. The Bertz CT molecular complexity index is 363. The Morgan fingerprint density at radius 2 is 2.11 bits per heavy atom. The van der Waals surface area contributed by atoms with Crippen molar-refractivity contribution in [2.45, 2.75) is 31.9 Å². The highest BCUT2D eigenvalue weighted by Gasteiger charge is 2.28. The summed E-state index contributed by atoms with van der Waals surface area (Å²) in [6.45, 7) is 3.66. The minimum absolute atomic E-state index is 0.0893. The van der Waals surface area contributed by atoms with Crippen LogP contribution in [0.4, 0.5) is 0 Å². The molecule has 2 rings (SSSR count). The molecule has 1 aromatic rings. The Morgan fingerprint density at radius 1 is 1.39 bits per heavy atom. The molecule has 3 nitrogen and oxygen atoms in total. The van der Waals surface area contributed by atoms with E-state index < -0.39 is 0 Å². The van der Waals surface area contributed by atoms with E-state index in [1.807, 2.05) is 0 Å². The molecule has 0 aliphatic carbocycles. The van der Waals surface area contributed by atoms with Gasteiger partial charge in [-0.2, -0.15) is 0 Å². The number of ether oxygens (including phenoxy) is 2. The third-order valence-electron chi connectivity index (χ3n) is 3.70. The number of methoxy groups -OCH3 is 1. The van der Waals surface area contributed by atoms with Crippen LogP contribution in [0.5, 0.6) is 0 Å². The first kappa shape index (κ1) is 13.5. The maximum absolute atomic E-state index is 6.31. The van der Waals surface area contributed by atoms with Crippen molar-refractivity contribution < 1.29 is 9.47 Å². The van der Waals surface area contributed by atoms with Gasteiger partial charge in [-0.15, -0.1) is 0 Å². The quantitative estimate of drug-likeness (QED) is 0.871. The highest BCUT2D eigenvalue weighted by Crippen LogP contribution is 2.29. The molecule has 3 unspecified atom stereocenters. The predicted octanol–water partition coefficient (Wildman–Crippen LogP) is 2.30. The lowest BCUT2D eigenvalue weighted by molar-refractivity contribution is 0.118. The van der Waals surface area contributed by atoms with E-state index in [4.69, 9.17) is 15.2 Å². The van der Waals surface area contributed by atoms with Gasteiger partial charge in [-0.25, -0.2) is 0 Å². The van der Waals surface area contributed by atoms with Crippen molar-refractivity contribution in [3.63, 3.8) is 0 Å². The Kier molecular flexibility index (Phi) is 4.75. The summed E-state index contributed by atoms with van der Waals surface area (Å²) < 4.78 is 10.7. The first-order valence-electron chi connectivity index (χ1n) is 6.65. The smallest absolute Gasteiger partial charge is 0.0551 e. The summed E-state index contributed by atoms with van der Waals surface area (Å²) in [4.78, 5) is 0. The standard InChI is InChI=1S/C15H23NO2/c1-11-9-14(10-18-11)15(16)13-5-3-12(4-6-13)7-8-17-2/h3-6,11,14-15H,7-10,16H2,1-2H3. The maximum atomic E-state index is 6.31. The molecule has 18 heavy (non-hydrogen) atoms. The zero-order valence-electron chi connectivity index (χ0n) is 11.3. The zero-order valence-corrected chi connectivity index (χ0v) is 11.3. The van der Waals surface area contributed by atoms with Crippen LogP contribution in [0.3, 0.4) is 0 Å². The molecule has 0 saturated carbocycles. The molecule has 0 radical (unpaired) electrons. The molecule has 0 bridgehead atoms. The van der Waals surface area contributed by atoms with Gasteiger partial charge >= 0.3 is 0 Å². The fraction of sp³-hybridized carbons (Fsp3) is 0.600. The third-order valence-corrected chi connectivity index (χ3v) is 3.70. The molecule has 1 aliphatic rings. The molecule has 1 fully saturated rings. The summed E-state index contributed by atoms with van der Waals surface area (Å²) >= 11 is 0. The molecule has 1 aromatic carbocycles. The molecule has 1 aliphatic heterocycles. The molecular weight excluding hydrogens is 226 g/mol. The van der Waals surface area contributed by atoms with Gasteiger partial charge in [-0.05, 0) is 30.9 Å². The number of hydrogen-bond acceptors (Lipinski definition) is 3. The minimum Gasteiger partial charge on any atom is -0.384 e. The van der Waals surface area contributed by atoms with E-state index in [1.165, 1.54) is 11.1 Å². The van der Waals surface area contributed by atoms with Crippen molar-refractivity contribution in [3.05, 3.63) is 35.4 Å². The van der Waals surface area contributed by atoms with E-state index in [0.717, 1.165) is 26.1 Å². The second-order valence-electron chi connectivity index (χ2n) is 5.15. The van der Waals surface area contributed by atoms with E-state index in [9.17, 15) is 0 Å². The van der Waals surface area contributed by atoms with Gasteiger partial charge in [0.15, 0.2) is 0 Å². The van der Waals surface area contributed by atoms with Gasteiger partial charge in [0.25, 0.3) is 0 Å². The second-order valence-corrected chi connectivity index (χ2v) is 5.15. The number of nitrogens with two attached hydrogens (primary N) is 1. The highest BCUT2D eigenvalue weighted by atomic mass is 16.5. The van der Waals surface area contributed by atoms with Gasteiger partial charge in [0.2, 0.25) is 0 Å². The van der Waals surface area contributed by atoms with Crippen molar-refractivity contribution in [3.8, 4) is 0 Å². The number of benzene rings is 1. The van der Waals surface area contributed by atoms with Gasteiger partial charge in [-0.3, -0.25) is 0 Å². The monoisotopic (exact) mass is 249 g/mol. The number of rotatable bonds is 5. The van der Waals surface area contributed by atoms with Crippen LogP contribution >= 0.6 is 0 Å². The summed E-state index contributed by atoms with van der Waals surface area (Å²) in [6, 6.07) is 8.66. The van der Waals surface area contributed by atoms with Gasteiger partial charge in [0, 0.05) is 19.1 Å². The van der Waals surface area contributed by atoms with Crippen LogP contribution in [-0.4, -0.2) is 26.4 Å². The largest absolute Gasteiger partial charge is 0.384 e. The van der Waals surface area contributed by atoms with Gasteiger partial charge in [-0.1, -0.05) is 24.3 Å². The van der Waals surface area contributed by atoms with Crippen LogP contribution in [-0.2, 0) is 15.9 Å². The molecule has 100 valence electrons. The van der Waals surface area contributed by atoms with Crippen LogP contribution in [0.2, 0.25) is 0 Å². The Hall–Kier alpha value is -0.900. The SMILES string of the molecule is COCCc1ccc(C(N)C2COC(C)C2)cc1. The Morgan fingerprint density at radius 3 is 2.67 bits per heavy atom. The van der Waals surface area contributed by atoms with E-state index >= 15 is 0 Å². The van der Waals surface area contributed by atoms with Crippen LogP contribution in [0.15, 0.2) is 24.3 Å². The predicted molar refractivity (Wildman–Crippen MR) is 72.5 cm³/mol. The van der Waals surface area contributed by atoms with Gasteiger partial charge in [0.05, 0.1) is 19.3 Å². The molecular formula is C15H23NO2. The summed E-state index contributed by atoms with van der Waals surface area (Å²) in [5, 5.41) is 0. The summed E-state index contributed by atoms with van der Waals surface area (Å²) in [5.41, 5.74) is 8.81. The normalized spacial score (nSPS) is 25.3. The molecule has 0 amide bonds. The zero-order chi connectivity index (χ0) is 13.0. The van der Waals surface area contributed by atoms with Crippen molar-refractivity contribution in [1.82, 2.24) is 0 Å². The van der Waals surface area contributed by atoms with Crippen molar-refractivity contribution in [1.29, 1.82) is 0 Å². The third kappa shape index (κ3) is 3.31. The van der Waals surface area contributed by atoms with Crippen molar-refractivity contribution in [2.24, 2.45) is 11.7 Å². The van der Waals surface area contributed by atoms with E-state index in [1.54, 1.807) is 7.11 Å². The summed E-state index contributed by atoms with van der Waals surface area (Å²) in [6.07, 6.45) is 2.37. The highest BCUT2D eigenvalue weighted by molar-refractivity contribution is 5.25. The molecule has 3 heteroatoms. The van der Waals surface area contributed by atoms with Crippen LogP contribution < -0.4 is 5.73 Å². The van der Waals surface area contributed by atoms with Crippen molar-refractivity contribution in [2.75, 3.05) is 20.3 Å². The lowest BCUT2D eigenvalue weighted by Crippen LogP contribution is -2.21. The molecule has 1 saturated heterocycles. The molecule has 0 spiro atoms. The Balaban J connectivity index is 1.96. The maximum Gasteiger partial charge on any atom is 0.0551 e. The Labute approximate surface area is 109 Å². The summed E-state index contributed by atoms with van der Waals surface area (Å²) in [5.74, 6) is 0.449. The van der Waals surface area contributed by atoms with Gasteiger partial charge in [0.1, 0.15) is 0 Å². The average molecular weight is 249 g/mol. The average Bonchev–Trinajstić information content (AvgIpc) is 2.83. The molecule has 2 N–H and O–H groups in total. The number of hydrogen-bond donors (Lipinski definition) is 1. The van der Waals surface area contributed by atoms with Crippen molar-refractivity contribution >= 4 is 0 Å². The van der Waals surface area contributed by atoms with E-state index in [-0.39, 0.29) is 6.04 Å². The van der Waals surface area contributed by atoms with Gasteiger partial charge < -0.3 is 15.2 Å². The molecule has 3 atom stereocenters. The fourth-order valence-electron chi connectivity index (χ4n) is 2.50. The molecule has 0 aromatic heterocycles. The molecule has 1 heterocycles. The minimum atomic E-state index is 0.0893. The van der Waals surface area contributed by atoms with E-state index in [0.29, 0.717) is 12.0 Å². The first-order valence-corrected chi connectivity index (χ1v) is 6.65.